The van der Waals surface area contributed by atoms with Gasteiger partial charge in [-0.2, -0.15) is 10.4 Å². The van der Waals surface area contributed by atoms with E-state index < -0.39 is 5.41 Å². The Morgan fingerprint density at radius 1 is 1.04 bits per heavy atom. The predicted octanol–water partition coefficient (Wildman–Crippen LogP) is 4.56. The summed E-state index contributed by atoms with van der Waals surface area (Å²) in [4.78, 5) is 8.77. The molecule has 0 saturated carbocycles. The Labute approximate surface area is 156 Å². The van der Waals surface area contributed by atoms with Crippen LogP contribution in [0.3, 0.4) is 0 Å². The summed E-state index contributed by atoms with van der Waals surface area (Å²) in [5, 5.41) is 20.4. The molecule has 0 saturated heterocycles. The number of aromatic nitrogens is 4. The Morgan fingerprint density at radius 2 is 1.85 bits per heavy atom. The van der Waals surface area contributed by atoms with Crippen molar-refractivity contribution in [1.82, 2.24) is 20.2 Å². The Bertz CT molecular complexity index is 1120. The molecule has 0 aliphatic carbocycles. The van der Waals surface area contributed by atoms with E-state index in [1.807, 2.05) is 56.4 Å². The van der Waals surface area contributed by atoms with E-state index in [1.165, 1.54) is 0 Å². The molecule has 2 heterocycles. The first kappa shape index (κ1) is 16.7. The molecule has 0 fully saturated rings. The van der Waals surface area contributed by atoms with E-state index in [0.717, 1.165) is 39.1 Å². The van der Waals surface area contributed by atoms with Gasteiger partial charge in [0, 0.05) is 22.8 Å². The van der Waals surface area contributed by atoms with Crippen LogP contribution in [0.15, 0.2) is 61.2 Å². The smallest absolute Gasteiger partial charge is 0.141 e. The van der Waals surface area contributed by atoms with Crippen LogP contribution in [-0.2, 0) is 5.41 Å². The summed E-state index contributed by atoms with van der Waals surface area (Å²) in [6.07, 6.45) is 5.19. The van der Waals surface area contributed by atoms with Crippen molar-refractivity contribution in [2.24, 2.45) is 0 Å². The topological polar surface area (TPSA) is 90.3 Å². The number of benzene rings is 2. The van der Waals surface area contributed by atoms with Gasteiger partial charge in [-0.3, -0.25) is 5.10 Å². The molecule has 27 heavy (non-hydrogen) atoms. The lowest BCUT2D eigenvalue weighted by Gasteiger charge is -2.16. The van der Waals surface area contributed by atoms with E-state index >= 15 is 0 Å². The summed E-state index contributed by atoms with van der Waals surface area (Å²) in [5.41, 5.74) is 4.28. The van der Waals surface area contributed by atoms with Gasteiger partial charge in [0.2, 0.25) is 0 Å². The second kappa shape index (κ2) is 6.54. The summed E-state index contributed by atoms with van der Waals surface area (Å²) in [6, 6.07) is 16.2. The van der Waals surface area contributed by atoms with Gasteiger partial charge in [-0.25, -0.2) is 9.97 Å². The number of nitrogens with one attached hydrogen (secondary N) is 2. The van der Waals surface area contributed by atoms with E-state index in [0.29, 0.717) is 0 Å². The fourth-order valence-corrected chi connectivity index (χ4v) is 2.92. The van der Waals surface area contributed by atoms with Gasteiger partial charge < -0.3 is 5.32 Å². The largest absolute Gasteiger partial charge is 0.340 e. The first-order chi connectivity index (χ1) is 13.1. The molecule has 4 aromatic rings. The molecule has 2 aromatic carbocycles. The van der Waals surface area contributed by atoms with Gasteiger partial charge in [0.1, 0.15) is 12.1 Å². The Balaban J connectivity index is 1.69. The molecule has 0 radical (unpaired) electrons. The third kappa shape index (κ3) is 3.23. The molecule has 4 rings (SSSR count). The van der Waals surface area contributed by atoms with Gasteiger partial charge >= 0.3 is 0 Å². The van der Waals surface area contributed by atoms with Crippen LogP contribution >= 0.6 is 0 Å². The van der Waals surface area contributed by atoms with E-state index in [-0.39, 0.29) is 0 Å². The molecule has 2 N–H and O–H groups in total. The zero-order valence-electron chi connectivity index (χ0n) is 15.1. The van der Waals surface area contributed by atoms with Gasteiger partial charge in [0.15, 0.2) is 0 Å². The van der Waals surface area contributed by atoms with Crippen molar-refractivity contribution in [2.45, 2.75) is 19.3 Å². The fraction of sp³-hybridized carbons (Fsp3) is 0.143. The molecule has 0 atom stereocenters. The van der Waals surface area contributed by atoms with Crippen molar-refractivity contribution < 1.29 is 0 Å². The highest BCUT2D eigenvalue weighted by Crippen LogP contribution is 2.29. The highest BCUT2D eigenvalue weighted by Gasteiger charge is 2.19. The molecule has 132 valence electrons. The summed E-state index contributed by atoms with van der Waals surface area (Å²) >= 11 is 0. The number of aromatic amines is 1. The molecule has 0 amide bonds. The van der Waals surface area contributed by atoms with Gasteiger partial charge in [-0.15, -0.1) is 0 Å². The van der Waals surface area contributed by atoms with Crippen LogP contribution in [0.5, 0.6) is 0 Å². The summed E-state index contributed by atoms with van der Waals surface area (Å²) in [5.74, 6) is 0.734. The molecular formula is C21H18N6. The van der Waals surface area contributed by atoms with Crippen molar-refractivity contribution in [3.8, 4) is 17.2 Å². The summed E-state index contributed by atoms with van der Waals surface area (Å²) < 4.78 is 0. The molecule has 0 bridgehead atoms. The number of fused-ring (bicyclic) bond motifs is 1. The second-order valence-corrected chi connectivity index (χ2v) is 6.88. The van der Waals surface area contributed by atoms with Crippen molar-refractivity contribution in [3.63, 3.8) is 0 Å². The molecule has 0 aliphatic rings. The Hall–Kier alpha value is -3.72. The zero-order chi connectivity index (χ0) is 18.9. The number of anilines is 2. The minimum absolute atomic E-state index is 0.514. The van der Waals surface area contributed by atoms with E-state index in [1.54, 1.807) is 12.5 Å². The quantitative estimate of drug-likeness (QED) is 0.560. The van der Waals surface area contributed by atoms with E-state index in [9.17, 15) is 5.26 Å². The monoisotopic (exact) mass is 354 g/mol. The predicted molar refractivity (Wildman–Crippen MR) is 105 cm³/mol. The third-order valence-electron chi connectivity index (χ3n) is 4.62. The first-order valence-corrected chi connectivity index (χ1v) is 8.59. The summed E-state index contributed by atoms with van der Waals surface area (Å²) in [7, 11) is 0. The molecule has 0 unspecified atom stereocenters. The molecular weight excluding hydrogens is 336 g/mol. The van der Waals surface area contributed by atoms with Crippen molar-refractivity contribution in [3.05, 3.63) is 66.7 Å². The van der Waals surface area contributed by atoms with Crippen molar-refractivity contribution in [1.29, 1.82) is 5.26 Å². The number of nitriles is 1. The lowest BCUT2D eigenvalue weighted by atomic mass is 9.86. The Kier molecular flexibility index (Phi) is 4.05. The highest BCUT2D eigenvalue weighted by atomic mass is 15.1. The third-order valence-corrected chi connectivity index (χ3v) is 4.62. The van der Waals surface area contributed by atoms with Crippen molar-refractivity contribution >= 4 is 22.4 Å². The fourth-order valence-electron chi connectivity index (χ4n) is 2.92. The van der Waals surface area contributed by atoms with Crippen LogP contribution in [0.2, 0.25) is 0 Å². The highest BCUT2D eigenvalue weighted by molar-refractivity contribution is 5.93. The number of hydrogen-bond donors (Lipinski definition) is 2. The zero-order valence-corrected chi connectivity index (χ0v) is 15.1. The minimum Gasteiger partial charge on any atom is -0.340 e. The van der Waals surface area contributed by atoms with Crippen LogP contribution in [-0.4, -0.2) is 20.2 Å². The van der Waals surface area contributed by atoms with E-state index in [2.05, 4.69) is 37.6 Å². The maximum absolute atomic E-state index is 9.29. The van der Waals surface area contributed by atoms with Crippen LogP contribution in [0.1, 0.15) is 19.4 Å². The van der Waals surface area contributed by atoms with Gasteiger partial charge in [-0.05, 0) is 49.2 Å². The first-order valence-electron chi connectivity index (χ1n) is 8.59. The number of nitrogens with zero attached hydrogens (tertiary/aromatic N) is 4. The van der Waals surface area contributed by atoms with Gasteiger partial charge in [0.25, 0.3) is 0 Å². The molecule has 6 nitrogen and oxygen atoms in total. The average molecular weight is 354 g/mol. The second-order valence-electron chi connectivity index (χ2n) is 6.88. The van der Waals surface area contributed by atoms with E-state index in [4.69, 9.17) is 0 Å². The van der Waals surface area contributed by atoms with Crippen LogP contribution in [0.4, 0.5) is 11.5 Å². The van der Waals surface area contributed by atoms with Gasteiger partial charge in [-0.1, -0.05) is 18.2 Å². The van der Waals surface area contributed by atoms with Crippen molar-refractivity contribution in [2.75, 3.05) is 5.32 Å². The van der Waals surface area contributed by atoms with Gasteiger partial charge in [0.05, 0.1) is 23.2 Å². The number of rotatable bonds is 4. The normalized spacial score (nSPS) is 11.3. The molecule has 0 spiro atoms. The average Bonchev–Trinajstić information content (AvgIpc) is 3.23. The molecule has 2 aromatic heterocycles. The maximum atomic E-state index is 9.29. The molecule has 0 aliphatic heterocycles. The minimum atomic E-state index is -0.514. The number of H-pyrrole nitrogens is 1. The lowest BCUT2D eigenvalue weighted by Crippen LogP contribution is -2.13. The van der Waals surface area contributed by atoms with Crippen LogP contribution in [0, 0.1) is 11.3 Å². The molecule has 6 heteroatoms. The SMILES string of the molecule is CC(C)(C#N)c1ccc(Nc2ncnc3ccc(-c4cn[nH]c4)cc23)cc1. The lowest BCUT2D eigenvalue weighted by molar-refractivity contribution is 0.687. The van der Waals surface area contributed by atoms with Crippen LogP contribution < -0.4 is 5.32 Å². The number of hydrogen-bond acceptors (Lipinski definition) is 5. The standard InChI is InChI=1S/C21H18N6/c1-21(2,12-22)16-4-6-17(7-5-16)27-20-18-9-14(15-10-25-26-11-15)3-8-19(18)23-13-24-20/h3-11,13H,1-2H3,(H,25,26)(H,23,24,27). The summed E-state index contributed by atoms with van der Waals surface area (Å²) in [6.45, 7) is 3.81. The maximum Gasteiger partial charge on any atom is 0.141 e. The Morgan fingerprint density at radius 3 is 2.56 bits per heavy atom. The van der Waals surface area contributed by atoms with Crippen LogP contribution in [0.25, 0.3) is 22.0 Å².